The Bertz CT molecular complexity index is 677. The fourth-order valence-electron chi connectivity index (χ4n) is 3.14. The van der Waals surface area contributed by atoms with E-state index in [0.29, 0.717) is 19.1 Å². The first kappa shape index (κ1) is 16.5. The molecule has 0 atom stereocenters. The second kappa shape index (κ2) is 7.97. The molecule has 2 aromatic rings. The first-order valence-corrected chi connectivity index (χ1v) is 8.49. The number of hydrogen-bond donors (Lipinski definition) is 3. The van der Waals surface area contributed by atoms with Crippen molar-refractivity contribution in [3.63, 3.8) is 0 Å². The number of carbonyl (C=O) groups is 1. The topological polar surface area (TPSA) is 79.2 Å². The van der Waals surface area contributed by atoms with Gasteiger partial charge in [-0.25, -0.2) is 4.79 Å². The van der Waals surface area contributed by atoms with Crippen molar-refractivity contribution >= 4 is 6.03 Å². The highest BCUT2D eigenvalue weighted by Gasteiger charge is 2.17. The summed E-state index contributed by atoms with van der Waals surface area (Å²) in [5, 5.41) is 19.5. The van der Waals surface area contributed by atoms with Gasteiger partial charge in [0.2, 0.25) is 0 Å². The fourth-order valence-corrected chi connectivity index (χ4v) is 3.14. The van der Waals surface area contributed by atoms with Crippen LogP contribution in [0.15, 0.2) is 36.5 Å². The molecule has 1 heterocycles. The zero-order chi connectivity index (χ0) is 16.8. The van der Waals surface area contributed by atoms with Crippen LogP contribution in [0, 0.1) is 0 Å². The van der Waals surface area contributed by atoms with E-state index < -0.39 is 0 Å². The van der Waals surface area contributed by atoms with Crippen LogP contribution in [-0.4, -0.2) is 20.9 Å². The van der Waals surface area contributed by atoms with Gasteiger partial charge < -0.3 is 15.7 Å². The van der Waals surface area contributed by atoms with Crippen LogP contribution in [0.5, 0.6) is 0 Å². The number of nitrogens with zero attached hydrogens (tertiary/aromatic N) is 2. The summed E-state index contributed by atoms with van der Waals surface area (Å²) in [6.07, 6.45) is 6.94. The van der Waals surface area contributed by atoms with Gasteiger partial charge in [0.05, 0.1) is 24.9 Å². The van der Waals surface area contributed by atoms with Crippen LogP contribution in [0.4, 0.5) is 4.79 Å². The molecular weight excluding hydrogens is 304 g/mol. The van der Waals surface area contributed by atoms with Crippen molar-refractivity contribution in [1.29, 1.82) is 0 Å². The van der Waals surface area contributed by atoms with Gasteiger partial charge in [-0.3, -0.25) is 4.68 Å². The van der Waals surface area contributed by atoms with Crippen LogP contribution in [0.1, 0.15) is 48.5 Å². The third-order valence-corrected chi connectivity index (χ3v) is 4.52. The monoisotopic (exact) mass is 328 g/mol. The first-order valence-electron chi connectivity index (χ1n) is 8.49. The van der Waals surface area contributed by atoms with Crippen LogP contribution in [0.3, 0.4) is 0 Å². The smallest absolute Gasteiger partial charge is 0.315 e. The third-order valence-electron chi connectivity index (χ3n) is 4.52. The van der Waals surface area contributed by atoms with E-state index in [-0.39, 0.29) is 12.6 Å². The van der Waals surface area contributed by atoms with Gasteiger partial charge in [-0.05, 0) is 30.0 Å². The van der Waals surface area contributed by atoms with E-state index in [0.717, 1.165) is 16.8 Å². The highest BCUT2D eigenvalue weighted by molar-refractivity contribution is 5.73. The molecule has 0 saturated heterocycles. The van der Waals surface area contributed by atoms with Gasteiger partial charge in [0.15, 0.2) is 0 Å². The van der Waals surface area contributed by atoms with Crippen molar-refractivity contribution in [2.24, 2.45) is 0 Å². The van der Waals surface area contributed by atoms with Crippen molar-refractivity contribution in [2.45, 2.75) is 51.4 Å². The summed E-state index contributed by atoms with van der Waals surface area (Å²) < 4.78 is 2.03. The molecule has 1 fully saturated rings. The quantitative estimate of drug-likeness (QED) is 0.762. The number of rotatable bonds is 6. The molecule has 24 heavy (non-hydrogen) atoms. The molecular formula is C18H24N4O2. The Morgan fingerprint density at radius 2 is 1.83 bits per heavy atom. The normalized spacial score (nSPS) is 14.7. The molecule has 0 radical (unpaired) electrons. The molecule has 0 bridgehead atoms. The van der Waals surface area contributed by atoms with E-state index in [1.807, 2.05) is 41.2 Å². The van der Waals surface area contributed by atoms with E-state index in [9.17, 15) is 9.90 Å². The van der Waals surface area contributed by atoms with Gasteiger partial charge in [-0.15, -0.1) is 0 Å². The average molecular weight is 328 g/mol. The van der Waals surface area contributed by atoms with Crippen LogP contribution in [0.25, 0.3) is 0 Å². The molecule has 0 aliphatic heterocycles. The third kappa shape index (κ3) is 4.14. The lowest BCUT2D eigenvalue weighted by atomic mass is 10.1. The van der Waals surface area contributed by atoms with Crippen LogP contribution < -0.4 is 10.6 Å². The number of nitrogens with one attached hydrogen (secondary N) is 2. The Morgan fingerprint density at radius 1 is 1.12 bits per heavy atom. The molecule has 6 heteroatoms. The molecule has 1 aromatic carbocycles. The molecule has 3 N–H and O–H groups in total. The van der Waals surface area contributed by atoms with E-state index in [1.165, 1.54) is 25.7 Å². The van der Waals surface area contributed by atoms with Crippen molar-refractivity contribution in [3.8, 4) is 0 Å². The SMILES string of the molecule is O=C(NCc1ccn(C2CCCC2)n1)NCc1ccccc1CO. The zero-order valence-corrected chi connectivity index (χ0v) is 13.7. The van der Waals surface area contributed by atoms with E-state index in [2.05, 4.69) is 15.7 Å². The second-order valence-electron chi connectivity index (χ2n) is 6.19. The fraction of sp³-hybridized carbons (Fsp3) is 0.444. The number of aliphatic hydroxyl groups excluding tert-OH is 1. The van der Waals surface area contributed by atoms with Gasteiger partial charge in [0, 0.05) is 12.7 Å². The maximum absolute atomic E-state index is 11.9. The first-order chi connectivity index (χ1) is 11.8. The van der Waals surface area contributed by atoms with E-state index >= 15 is 0 Å². The number of benzene rings is 1. The van der Waals surface area contributed by atoms with Crippen molar-refractivity contribution in [2.75, 3.05) is 0 Å². The molecule has 6 nitrogen and oxygen atoms in total. The zero-order valence-electron chi connectivity index (χ0n) is 13.7. The molecule has 128 valence electrons. The summed E-state index contributed by atoms with van der Waals surface area (Å²) >= 11 is 0. The summed E-state index contributed by atoms with van der Waals surface area (Å²) in [5.74, 6) is 0. The largest absolute Gasteiger partial charge is 0.392 e. The van der Waals surface area contributed by atoms with Gasteiger partial charge in [0.1, 0.15) is 0 Å². The van der Waals surface area contributed by atoms with Crippen LogP contribution >= 0.6 is 0 Å². The molecule has 0 spiro atoms. The highest BCUT2D eigenvalue weighted by Crippen LogP contribution is 2.28. The van der Waals surface area contributed by atoms with E-state index in [1.54, 1.807) is 0 Å². The summed E-state index contributed by atoms with van der Waals surface area (Å²) in [4.78, 5) is 11.9. The maximum atomic E-state index is 11.9. The number of aromatic nitrogens is 2. The molecule has 2 amide bonds. The summed E-state index contributed by atoms with van der Waals surface area (Å²) in [5.41, 5.74) is 2.61. The van der Waals surface area contributed by atoms with Crippen LogP contribution in [0.2, 0.25) is 0 Å². The Balaban J connectivity index is 1.45. The minimum absolute atomic E-state index is 0.0297. The van der Waals surface area contributed by atoms with Crippen molar-refractivity contribution < 1.29 is 9.90 Å². The van der Waals surface area contributed by atoms with Crippen molar-refractivity contribution in [1.82, 2.24) is 20.4 Å². The van der Waals surface area contributed by atoms with Crippen LogP contribution in [-0.2, 0) is 19.7 Å². The highest BCUT2D eigenvalue weighted by atomic mass is 16.3. The van der Waals surface area contributed by atoms with Gasteiger partial charge in [-0.2, -0.15) is 5.10 Å². The Morgan fingerprint density at radius 3 is 2.58 bits per heavy atom. The summed E-state index contributed by atoms with van der Waals surface area (Å²) in [7, 11) is 0. The lowest BCUT2D eigenvalue weighted by molar-refractivity contribution is 0.239. The lowest BCUT2D eigenvalue weighted by Crippen LogP contribution is -2.34. The van der Waals surface area contributed by atoms with E-state index in [4.69, 9.17) is 0 Å². The predicted molar refractivity (Wildman–Crippen MR) is 91.2 cm³/mol. The number of urea groups is 1. The maximum Gasteiger partial charge on any atom is 0.315 e. The molecule has 1 saturated carbocycles. The summed E-state index contributed by atoms with van der Waals surface area (Å²) in [6.45, 7) is 0.768. The Kier molecular flexibility index (Phi) is 5.48. The number of carbonyl (C=O) groups excluding carboxylic acids is 1. The molecule has 0 unspecified atom stereocenters. The van der Waals surface area contributed by atoms with Gasteiger partial charge in [-0.1, -0.05) is 37.1 Å². The molecule has 1 aliphatic carbocycles. The molecule has 3 rings (SSSR count). The minimum Gasteiger partial charge on any atom is -0.392 e. The second-order valence-corrected chi connectivity index (χ2v) is 6.19. The Hall–Kier alpha value is -2.34. The van der Waals surface area contributed by atoms with Crippen molar-refractivity contribution in [3.05, 3.63) is 53.3 Å². The molecule has 1 aliphatic rings. The molecule has 1 aromatic heterocycles. The summed E-state index contributed by atoms with van der Waals surface area (Å²) in [6, 6.07) is 9.75. The number of aliphatic hydroxyl groups is 1. The Labute approximate surface area is 141 Å². The number of hydrogen-bond acceptors (Lipinski definition) is 3. The average Bonchev–Trinajstić information content (AvgIpc) is 3.29. The predicted octanol–water partition coefficient (Wildman–Crippen LogP) is 2.49. The number of amides is 2. The lowest BCUT2D eigenvalue weighted by Gasteiger charge is -2.10. The standard InChI is InChI=1S/C18H24N4O2/c23-13-15-6-2-1-5-14(15)11-19-18(24)20-12-16-9-10-22(21-16)17-7-3-4-8-17/h1-2,5-6,9-10,17,23H,3-4,7-8,11-13H2,(H2,19,20,24). The van der Waals surface area contributed by atoms with Gasteiger partial charge in [0.25, 0.3) is 0 Å². The minimum atomic E-state index is -0.238. The van der Waals surface area contributed by atoms with Gasteiger partial charge >= 0.3 is 6.03 Å².